The van der Waals surface area contributed by atoms with Gasteiger partial charge in [-0.05, 0) is 37.8 Å². The molecule has 150 valence electrons. The highest BCUT2D eigenvalue weighted by Gasteiger charge is 2.25. The Morgan fingerprint density at radius 2 is 1.78 bits per heavy atom. The standard InChI is InChI=1S/C21H31NO4S/c1-6-8-12-17(7-2)21(25)27-14-18(23)22(13-19(24)26-5)20-15(3)10-9-11-16(20)4/h9-11,17H,6-8,12-14H2,1-5H3. The molecule has 6 heteroatoms. The van der Waals surface area contributed by atoms with Gasteiger partial charge in [-0.2, -0.15) is 0 Å². The van der Waals surface area contributed by atoms with Crippen molar-refractivity contribution in [3.05, 3.63) is 29.3 Å². The van der Waals surface area contributed by atoms with Gasteiger partial charge in [0.2, 0.25) is 5.91 Å². The van der Waals surface area contributed by atoms with Crippen LogP contribution in [0.15, 0.2) is 18.2 Å². The number of hydrogen-bond acceptors (Lipinski definition) is 5. The fourth-order valence-electron chi connectivity index (χ4n) is 2.98. The fourth-order valence-corrected chi connectivity index (χ4v) is 3.93. The predicted molar refractivity (Wildman–Crippen MR) is 111 cm³/mol. The largest absolute Gasteiger partial charge is 0.468 e. The molecule has 0 aliphatic carbocycles. The summed E-state index contributed by atoms with van der Waals surface area (Å²) < 4.78 is 4.75. The summed E-state index contributed by atoms with van der Waals surface area (Å²) in [4.78, 5) is 38.6. The van der Waals surface area contributed by atoms with Gasteiger partial charge in [0.1, 0.15) is 6.54 Å². The maximum atomic E-state index is 12.9. The first-order chi connectivity index (χ1) is 12.8. The molecule has 5 nitrogen and oxygen atoms in total. The van der Waals surface area contributed by atoms with E-state index in [0.717, 1.165) is 48.6 Å². The van der Waals surface area contributed by atoms with E-state index in [2.05, 4.69) is 6.92 Å². The zero-order valence-corrected chi connectivity index (χ0v) is 17.9. The minimum Gasteiger partial charge on any atom is -0.468 e. The minimum absolute atomic E-state index is 0.0167. The number of amides is 1. The molecular weight excluding hydrogens is 362 g/mol. The molecule has 0 saturated carbocycles. The second-order valence-electron chi connectivity index (χ2n) is 6.65. The number of rotatable bonds is 10. The number of ether oxygens (including phenoxy) is 1. The molecular formula is C21H31NO4S. The smallest absolute Gasteiger partial charge is 0.325 e. The maximum absolute atomic E-state index is 12.9. The first kappa shape index (κ1) is 23.2. The van der Waals surface area contributed by atoms with Crippen LogP contribution >= 0.6 is 11.8 Å². The van der Waals surface area contributed by atoms with Gasteiger partial charge < -0.3 is 4.74 Å². The lowest BCUT2D eigenvalue weighted by Gasteiger charge is -2.25. The van der Waals surface area contributed by atoms with Crippen LogP contribution < -0.4 is 4.90 Å². The van der Waals surface area contributed by atoms with Gasteiger partial charge in [0.05, 0.1) is 18.6 Å². The number of hydrogen-bond donors (Lipinski definition) is 0. The van der Waals surface area contributed by atoms with Crippen LogP contribution in [0.4, 0.5) is 5.69 Å². The number of unbranched alkanes of at least 4 members (excludes halogenated alkanes) is 1. The number of carbonyl (C=O) groups is 3. The lowest BCUT2D eigenvalue weighted by Crippen LogP contribution is -2.38. The molecule has 0 N–H and O–H groups in total. The molecule has 0 aromatic heterocycles. The van der Waals surface area contributed by atoms with Crippen LogP contribution in [0, 0.1) is 19.8 Å². The Hall–Kier alpha value is -1.82. The number of thioether (sulfide) groups is 1. The van der Waals surface area contributed by atoms with E-state index >= 15 is 0 Å². The Kier molecular flexibility index (Phi) is 10.1. The molecule has 1 unspecified atom stereocenters. The first-order valence-electron chi connectivity index (χ1n) is 9.45. The summed E-state index contributed by atoms with van der Waals surface area (Å²) in [7, 11) is 1.30. The second kappa shape index (κ2) is 11.8. The summed E-state index contributed by atoms with van der Waals surface area (Å²) in [5.74, 6) is -0.748. The van der Waals surface area contributed by atoms with Crippen LogP contribution in [0.3, 0.4) is 0 Å². The third-order valence-electron chi connectivity index (χ3n) is 4.60. The second-order valence-corrected chi connectivity index (χ2v) is 7.63. The maximum Gasteiger partial charge on any atom is 0.325 e. The van der Waals surface area contributed by atoms with Crippen LogP contribution in [0.25, 0.3) is 0 Å². The summed E-state index contributed by atoms with van der Waals surface area (Å²) in [6.45, 7) is 7.73. The molecule has 1 amide bonds. The van der Waals surface area contributed by atoms with Crippen molar-refractivity contribution in [3.63, 3.8) is 0 Å². The Bertz CT molecular complexity index is 639. The molecule has 1 aromatic carbocycles. The van der Waals surface area contributed by atoms with Crippen molar-refractivity contribution < 1.29 is 19.1 Å². The molecule has 0 saturated heterocycles. The van der Waals surface area contributed by atoms with Gasteiger partial charge in [-0.3, -0.25) is 19.3 Å². The SMILES string of the molecule is CCCCC(CC)C(=O)SCC(=O)N(CC(=O)OC)c1c(C)cccc1C. The van der Waals surface area contributed by atoms with Gasteiger partial charge >= 0.3 is 5.97 Å². The van der Waals surface area contributed by atoms with Gasteiger partial charge in [-0.1, -0.05) is 56.7 Å². The molecule has 0 fully saturated rings. The molecule has 1 aromatic rings. The number of carbonyl (C=O) groups excluding carboxylic acids is 3. The highest BCUT2D eigenvalue weighted by molar-refractivity contribution is 8.14. The number of esters is 1. The minimum atomic E-state index is -0.489. The number of nitrogens with zero attached hydrogens (tertiary/aromatic N) is 1. The topological polar surface area (TPSA) is 63.7 Å². The molecule has 0 aliphatic heterocycles. The highest BCUT2D eigenvalue weighted by atomic mass is 32.2. The van der Waals surface area contributed by atoms with Crippen molar-refractivity contribution in [1.82, 2.24) is 0 Å². The van der Waals surface area contributed by atoms with Gasteiger partial charge in [0, 0.05) is 5.92 Å². The van der Waals surface area contributed by atoms with Crippen molar-refractivity contribution in [3.8, 4) is 0 Å². The van der Waals surface area contributed by atoms with Crippen LogP contribution in [0.5, 0.6) is 0 Å². The number of benzene rings is 1. The fraction of sp³-hybridized carbons (Fsp3) is 0.571. The number of anilines is 1. The third kappa shape index (κ3) is 7.01. The summed E-state index contributed by atoms with van der Waals surface area (Å²) >= 11 is 1.05. The summed E-state index contributed by atoms with van der Waals surface area (Å²) in [5, 5.41) is 0.0545. The summed E-state index contributed by atoms with van der Waals surface area (Å²) in [5.41, 5.74) is 2.51. The Morgan fingerprint density at radius 1 is 1.15 bits per heavy atom. The van der Waals surface area contributed by atoms with Crippen LogP contribution in [-0.4, -0.2) is 36.4 Å². The Labute approximate surface area is 166 Å². The van der Waals surface area contributed by atoms with E-state index in [1.165, 1.54) is 12.0 Å². The van der Waals surface area contributed by atoms with E-state index in [0.29, 0.717) is 5.69 Å². The third-order valence-corrected chi connectivity index (χ3v) is 5.60. The average Bonchev–Trinajstić information content (AvgIpc) is 2.65. The van der Waals surface area contributed by atoms with E-state index in [-0.39, 0.29) is 29.2 Å². The van der Waals surface area contributed by atoms with Crippen LogP contribution in [0.2, 0.25) is 0 Å². The normalized spacial score (nSPS) is 11.7. The van der Waals surface area contributed by atoms with Gasteiger partial charge in [0.25, 0.3) is 0 Å². The molecule has 0 aliphatic rings. The van der Waals surface area contributed by atoms with Crippen molar-refractivity contribution in [2.45, 2.75) is 53.4 Å². The molecule has 0 heterocycles. The number of para-hydroxylation sites is 1. The number of aryl methyl sites for hydroxylation is 2. The monoisotopic (exact) mass is 393 g/mol. The van der Waals surface area contributed by atoms with Gasteiger partial charge in [-0.25, -0.2) is 0 Å². The zero-order valence-electron chi connectivity index (χ0n) is 17.0. The zero-order chi connectivity index (χ0) is 20.4. The first-order valence-corrected chi connectivity index (χ1v) is 10.4. The van der Waals surface area contributed by atoms with Crippen LogP contribution in [-0.2, 0) is 19.1 Å². The number of methoxy groups -OCH3 is 1. The quantitative estimate of drug-likeness (QED) is 0.555. The average molecular weight is 394 g/mol. The van der Waals surface area contributed by atoms with E-state index < -0.39 is 5.97 Å². The molecule has 1 rings (SSSR count). The van der Waals surface area contributed by atoms with E-state index in [4.69, 9.17) is 4.74 Å². The predicted octanol–water partition coefficient (Wildman–Crippen LogP) is 4.29. The van der Waals surface area contributed by atoms with Crippen molar-refractivity contribution in [1.29, 1.82) is 0 Å². The lowest BCUT2D eigenvalue weighted by molar-refractivity contribution is -0.139. The van der Waals surface area contributed by atoms with E-state index in [1.54, 1.807) is 0 Å². The summed E-state index contributed by atoms with van der Waals surface area (Å²) in [6.07, 6.45) is 3.70. The highest BCUT2D eigenvalue weighted by Crippen LogP contribution is 2.26. The molecule has 0 bridgehead atoms. The molecule has 27 heavy (non-hydrogen) atoms. The molecule has 1 atom stereocenters. The molecule has 0 radical (unpaired) electrons. The van der Waals surface area contributed by atoms with Crippen molar-refractivity contribution >= 4 is 34.4 Å². The Balaban J connectivity index is 2.92. The summed E-state index contributed by atoms with van der Waals surface area (Å²) in [6, 6.07) is 5.71. The van der Waals surface area contributed by atoms with Gasteiger partial charge in [0.15, 0.2) is 5.12 Å². The Morgan fingerprint density at radius 3 is 2.30 bits per heavy atom. The lowest BCUT2D eigenvalue weighted by atomic mass is 10.0. The van der Waals surface area contributed by atoms with Crippen molar-refractivity contribution in [2.24, 2.45) is 5.92 Å². The molecule has 0 spiro atoms. The van der Waals surface area contributed by atoms with Crippen molar-refractivity contribution in [2.75, 3.05) is 24.3 Å². The van der Waals surface area contributed by atoms with Gasteiger partial charge in [-0.15, -0.1) is 0 Å². The van der Waals surface area contributed by atoms with E-state index in [1.807, 2.05) is 39.0 Å². The van der Waals surface area contributed by atoms with E-state index in [9.17, 15) is 14.4 Å². The van der Waals surface area contributed by atoms with Crippen LogP contribution in [0.1, 0.15) is 50.7 Å².